The van der Waals surface area contributed by atoms with Crippen LogP contribution in [0.1, 0.15) is 213 Å². The quantitative estimate of drug-likeness (QED) is 0.00607. The molecule has 0 aliphatic heterocycles. The topological polar surface area (TPSA) is 297 Å². The number of esters is 6. The first-order valence-electron chi connectivity index (χ1n) is 50.4. The minimum atomic E-state index is -0.482. The van der Waals surface area contributed by atoms with Gasteiger partial charge in [-0.3, -0.25) is 16.3 Å². The maximum Gasteiger partial charge on any atom is 0.343 e. The number of anilines is 3. The van der Waals surface area contributed by atoms with E-state index >= 15 is 0 Å². The van der Waals surface area contributed by atoms with E-state index in [1.807, 2.05) is 115 Å². The Morgan fingerprint density at radius 3 is 1.04 bits per heavy atom. The second-order valence-electron chi connectivity index (χ2n) is 34.8. The number of hydrogen-bond acceptors (Lipinski definition) is 27. The van der Waals surface area contributed by atoms with E-state index in [2.05, 4.69) is 160 Å². The molecule has 3 heterocycles. The van der Waals surface area contributed by atoms with Crippen LogP contribution < -0.4 is 44.7 Å². The third-order valence-electron chi connectivity index (χ3n) is 23.5. The lowest BCUT2D eigenvalue weighted by Crippen LogP contribution is -2.10. The first-order valence-corrected chi connectivity index (χ1v) is 52.8. The first kappa shape index (κ1) is 112. The molecule has 27 heteroatoms. The second-order valence-corrected chi connectivity index (χ2v) is 37.8. The van der Waals surface area contributed by atoms with Gasteiger partial charge in [-0.15, -0.1) is 0 Å². The highest BCUT2D eigenvalue weighted by molar-refractivity contribution is 7.22. The summed E-state index contributed by atoms with van der Waals surface area (Å²) in [7, 11) is 0. The average Bonchev–Trinajstić information content (AvgIpc) is 1.53. The van der Waals surface area contributed by atoms with E-state index in [4.69, 9.17) is 42.6 Å². The highest BCUT2D eigenvalue weighted by atomic mass is 32.1. The molecule has 0 unspecified atom stereocenters. The lowest BCUT2D eigenvalue weighted by Gasteiger charge is -2.11. The number of ether oxygens (including phenoxy) is 9. The third-order valence-corrected chi connectivity index (χ3v) is 26.4. The highest BCUT2D eigenvalue weighted by Gasteiger charge is 2.20. The summed E-state index contributed by atoms with van der Waals surface area (Å²) in [5, 5.41) is 15.4. The molecule has 149 heavy (non-hydrogen) atoms. The van der Waals surface area contributed by atoms with E-state index in [-0.39, 0.29) is 7.43 Å². The van der Waals surface area contributed by atoms with Crippen LogP contribution in [0.3, 0.4) is 0 Å². The van der Waals surface area contributed by atoms with Gasteiger partial charge in [0.15, 0.2) is 0 Å². The molecule has 0 fully saturated rings. The molecular formula is C122H129N9O15S3. The molecule has 0 saturated heterocycles. The molecule has 3 N–H and O–H groups in total. The van der Waals surface area contributed by atoms with E-state index < -0.39 is 35.8 Å². The van der Waals surface area contributed by atoms with Crippen LogP contribution in [-0.4, -0.2) is 109 Å². The van der Waals surface area contributed by atoms with Gasteiger partial charge in [0.1, 0.15) is 34.5 Å². The monoisotopic (exact) mass is 2060 g/mol. The van der Waals surface area contributed by atoms with Gasteiger partial charge in [0, 0.05) is 34.9 Å². The Hall–Kier alpha value is -15.8. The summed E-state index contributed by atoms with van der Waals surface area (Å²) in [5.41, 5.74) is 25.6. The molecule has 0 aliphatic rings. The van der Waals surface area contributed by atoms with Crippen molar-refractivity contribution >= 4 is 135 Å². The van der Waals surface area contributed by atoms with Crippen molar-refractivity contribution in [3.05, 3.63) is 372 Å². The zero-order valence-corrected chi connectivity index (χ0v) is 86.3. The van der Waals surface area contributed by atoms with Crippen molar-refractivity contribution in [2.75, 3.05) is 55.9 Å². The van der Waals surface area contributed by atoms with Gasteiger partial charge in [-0.05, 0) is 311 Å². The maximum absolute atomic E-state index is 13.3. The average molecular weight is 2060 g/mol. The van der Waals surface area contributed by atoms with Gasteiger partial charge in [0.2, 0.25) is 15.4 Å². The molecule has 0 aliphatic carbocycles. The predicted octanol–water partition coefficient (Wildman–Crippen LogP) is 29.3. The minimum absolute atomic E-state index is 0. The Labute approximate surface area is 884 Å². The smallest absolute Gasteiger partial charge is 0.343 e. The summed E-state index contributed by atoms with van der Waals surface area (Å²) in [5.74, 6) is 0.659. The lowest BCUT2D eigenvalue weighted by molar-refractivity contribution is -0.138. The summed E-state index contributed by atoms with van der Waals surface area (Å²) < 4.78 is 53.3. The van der Waals surface area contributed by atoms with E-state index in [0.717, 1.165) is 186 Å². The van der Waals surface area contributed by atoms with Gasteiger partial charge in [-0.1, -0.05) is 235 Å². The van der Waals surface area contributed by atoms with Crippen LogP contribution in [0.25, 0.3) is 52.9 Å². The molecule has 3 aromatic heterocycles. The lowest BCUT2D eigenvalue weighted by atomic mass is 9.98. The number of aryl methyl sites for hydroxylation is 5. The van der Waals surface area contributed by atoms with Gasteiger partial charge in [0.05, 0.1) is 106 Å². The fourth-order valence-corrected chi connectivity index (χ4v) is 18.0. The standard InChI is InChI=1S/C43H47N3O5S.2C39H39N3O5S.CH4/c1-3-5-8-13-32-16-18-33(19-17-32)20-21-34-22-27-39(36(30-34)31-44-46-43-45-38-14-9-10-15-40(38)52-43)51-42(48)35-23-25-37(26-24-35)49-28-11-6-7-12-29-50-41(47)4-2;1-3-11-28-14-16-29(17-15-28)31-20-23-35(32(26-31)27-40-42-39-41-34-12-7-8-13-36(34)48-39)47-38(44)30-18-21-33(22-19-30)45-24-9-5-6-10-25-46-37(43)4-2;1-3-11-28-14-16-29(17-15-28)34-23-22-33(26-31(34)27-40-42-39-41-35-12-7-8-13-36(35)48-39)47-38(44)30-18-20-32(21-19-30)45-24-9-5-6-10-25-46-37(43)4-2;/h4,9-10,14-19,22-27,30-31H,2-3,5-8,11-13,20-21,28-29H2,1H3,(H,45,46);2*4,7-8,12-23,26-27H,2-3,5-6,9-11,24-25H2,1H3,(H,41,42);1H4/b44-31+;2*40-27+;. The number of aromatic nitrogens is 3. The van der Waals surface area contributed by atoms with Crippen LogP contribution in [0.15, 0.2) is 326 Å². The molecule has 0 radical (unpaired) electrons. The van der Waals surface area contributed by atoms with Crippen molar-refractivity contribution in [2.45, 2.75) is 169 Å². The number of thiazole rings is 3. The maximum atomic E-state index is 13.3. The van der Waals surface area contributed by atoms with E-state index in [0.29, 0.717) is 117 Å². The molecule has 0 bridgehead atoms. The van der Waals surface area contributed by atoms with Crippen LogP contribution in [0, 0.1) is 0 Å². The number of carbonyl (C=O) groups excluding carboxylic acids is 6. The summed E-state index contributed by atoms with van der Waals surface area (Å²) in [6.45, 7) is 19.6. The van der Waals surface area contributed by atoms with E-state index in [1.54, 1.807) is 104 Å². The number of hydrogen-bond donors (Lipinski definition) is 3. The number of hydrazone groups is 3. The molecule has 0 saturated carbocycles. The summed E-state index contributed by atoms with van der Waals surface area (Å²) >= 11 is 4.57. The zero-order chi connectivity index (χ0) is 103. The van der Waals surface area contributed by atoms with Crippen LogP contribution in [0.4, 0.5) is 15.4 Å². The Balaban J connectivity index is 0.000000198. The molecular weight excluding hydrogens is 1930 g/mol. The zero-order valence-electron chi connectivity index (χ0n) is 83.9. The number of benzene rings is 12. The molecule has 12 aromatic carbocycles. The van der Waals surface area contributed by atoms with Crippen molar-refractivity contribution in [1.82, 2.24) is 15.0 Å². The molecule has 770 valence electrons. The molecule has 0 atom stereocenters. The summed E-state index contributed by atoms with van der Waals surface area (Å²) in [6.07, 6.45) is 30.1. The Kier molecular flexibility index (Phi) is 46.2. The number of para-hydroxylation sites is 3. The Morgan fingerprint density at radius 2 is 0.638 bits per heavy atom. The van der Waals surface area contributed by atoms with Crippen LogP contribution in [-0.2, 0) is 60.7 Å². The minimum Gasteiger partial charge on any atom is -0.494 e. The van der Waals surface area contributed by atoms with E-state index in [1.165, 1.54) is 93.8 Å². The SMILES string of the molecule is C.C=CC(=O)OCCCCCCOc1ccc(C(=O)Oc2ccc(-c3ccc(CCC)cc3)c(/C=N/Nc3nc4ccccc4s3)c2)cc1.C=CC(=O)OCCCCCCOc1ccc(C(=O)Oc2ccc(-c3ccc(CCC)cc3)cc2/C=N/Nc2nc3ccccc3s2)cc1.C=CC(=O)OCCCCCCOc1ccc(C(=O)Oc2ccc(CCc3ccc(CCCCC)cc3)cc2/C=N/Nc2nc3ccccc3s2)cc1. The van der Waals surface area contributed by atoms with Gasteiger partial charge in [-0.2, -0.15) is 15.3 Å². The van der Waals surface area contributed by atoms with Crippen molar-refractivity contribution < 1.29 is 71.4 Å². The Morgan fingerprint density at radius 1 is 0.302 bits per heavy atom. The van der Waals surface area contributed by atoms with Gasteiger partial charge in [-0.25, -0.2) is 43.7 Å². The summed E-state index contributed by atoms with van der Waals surface area (Å²) in [6, 6.07) is 87.7. The van der Waals surface area contributed by atoms with Crippen LogP contribution in [0.5, 0.6) is 34.5 Å². The number of unbranched alkanes of at least 4 members (excludes halogenated alkanes) is 11. The second kappa shape index (κ2) is 61.6. The number of nitrogens with one attached hydrogen (secondary N) is 3. The van der Waals surface area contributed by atoms with Crippen molar-refractivity contribution in [2.24, 2.45) is 15.3 Å². The fourth-order valence-electron chi connectivity index (χ4n) is 15.6. The molecule has 24 nitrogen and oxygen atoms in total. The van der Waals surface area contributed by atoms with Crippen molar-refractivity contribution in [3.8, 4) is 56.8 Å². The normalized spacial score (nSPS) is 11.0. The van der Waals surface area contributed by atoms with Gasteiger partial charge in [0.25, 0.3) is 0 Å². The third kappa shape index (κ3) is 37.3. The van der Waals surface area contributed by atoms with Gasteiger partial charge >= 0.3 is 35.8 Å². The number of carbonyl (C=O) groups is 6. The van der Waals surface area contributed by atoms with Crippen LogP contribution in [0.2, 0.25) is 0 Å². The largest absolute Gasteiger partial charge is 0.494 e. The molecule has 0 amide bonds. The number of rotatable bonds is 55. The number of nitrogens with zero attached hydrogens (tertiary/aromatic N) is 6. The predicted molar refractivity (Wildman–Crippen MR) is 604 cm³/mol. The number of fused-ring (bicyclic) bond motifs is 3. The molecule has 15 aromatic rings. The molecule has 15 rings (SSSR count). The van der Waals surface area contributed by atoms with Crippen molar-refractivity contribution in [1.29, 1.82) is 0 Å². The molecule has 0 spiro atoms. The van der Waals surface area contributed by atoms with Crippen LogP contribution >= 0.6 is 34.0 Å². The highest BCUT2D eigenvalue weighted by Crippen LogP contribution is 2.35. The fraction of sp³-hybridized carbons (Fsp3) is 0.262. The summed E-state index contributed by atoms with van der Waals surface area (Å²) in [4.78, 5) is 86.5. The Bertz CT molecular complexity index is 6820. The van der Waals surface area contributed by atoms with Gasteiger partial charge < -0.3 is 42.6 Å². The van der Waals surface area contributed by atoms with Crippen molar-refractivity contribution in [3.63, 3.8) is 0 Å². The van der Waals surface area contributed by atoms with E-state index in [9.17, 15) is 28.8 Å². The first-order chi connectivity index (χ1) is 72.5.